The molecule has 0 fully saturated rings. The fourth-order valence-corrected chi connectivity index (χ4v) is 2.08. The van der Waals surface area contributed by atoms with Crippen LogP contribution in [0.15, 0.2) is 41.3 Å². The van der Waals surface area contributed by atoms with Crippen LogP contribution in [0.5, 0.6) is 0 Å². The van der Waals surface area contributed by atoms with Gasteiger partial charge in [-0.05, 0) is 35.0 Å². The van der Waals surface area contributed by atoms with Crippen LogP contribution in [0.3, 0.4) is 0 Å². The first-order valence-electron chi connectivity index (χ1n) is 4.39. The molecule has 0 aliphatic heterocycles. The first-order valence-corrected chi connectivity index (χ1v) is 6.20. The lowest BCUT2D eigenvalue weighted by atomic mass is 10.1. The van der Waals surface area contributed by atoms with Crippen molar-refractivity contribution < 1.29 is 13.0 Å². The molecule has 6 heteroatoms. The molecule has 0 spiro atoms. The van der Waals surface area contributed by atoms with Crippen molar-refractivity contribution in [1.29, 1.82) is 0 Å². The summed E-state index contributed by atoms with van der Waals surface area (Å²) in [6.07, 6.45) is 0. The number of anilines is 1. The molecule has 84 valence electrons. The molecule has 0 bridgehead atoms. The molecule has 0 atom stereocenters. The van der Waals surface area contributed by atoms with Gasteiger partial charge in [0.05, 0.1) is 4.90 Å². The van der Waals surface area contributed by atoms with Gasteiger partial charge in [-0.25, -0.2) is 0 Å². The number of halogens is 1. The maximum absolute atomic E-state index is 10.9. The van der Waals surface area contributed by atoms with E-state index in [0.717, 1.165) is 5.39 Å². The molecule has 0 saturated carbocycles. The zero-order chi connectivity index (χ0) is 11.8. The minimum absolute atomic E-state index is 0.133. The first kappa shape index (κ1) is 11.2. The SMILES string of the molecule is O=S(=O)(O)c1ccc2ccc(NCl)cc2c1. The molecule has 0 aliphatic carbocycles. The van der Waals surface area contributed by atoms with E-state index in [-0.39, 0.29) is 4.90 Å². The van der Waals surface area contributed by atoms with E-state index < -0.39 is 10.1 Å². The van der Waals surface area contributed by atoms with Gasteiger partial charge in [-0.1, -0.05) is 12.1 Å². The van der Waals surface area contributed by atoms with Crippen molar-refractivity contribution in [3.8, 4) is 0 Å². The Kier molecular flexibility index (Phi) is 2.75. The third-order valence-corrected chi connectivity index (χ3v) is 3.29. The summed E-state index contributed by atoms with van der Waals surface area (Å²) in [6, 6.07) is 9.62. The lowest BCUT2D eigenvalue weighted by Gasteiger charge is -2.03. The fraction of sp³-hybridized carbons (Fsp3) is 0. The standard InChI is InChI=1S/C10H8ClNO3S/c11-12-9-3-1-7-2-4-10(16(13,14)15)6-8(7)5-9/h1-6,12H,(H,13,14,15). The van der Waals surface area contributed by atoms with Gasteiger partial charge in [-0.15, -0.1) is 0 Å². The van der Waals surface area contributed by atoms with Crippen molar-refractivity contribution in [2.45, 2.75) is 4.90 Å². The minimum Gasteiger partial charge on any atom is -0.298 e. The molecule has 2 aromatic rings. The van der Waals surface area contributed by atoms with Gasteiger partial charge in [0.1, 0.15) is 0 Å². The summed E-state index contributed by atoms with van der Waals surface area (Å²) >= 11 is 5.44. The monoisotopic (exact) mass is 257 g/mol. The third-order valence-electron chi connectivity index (χ3n) is 2.22. The predicted molar refractivity (Wildman–Crippen MR) is 63.2 cm³/mol. The second kappa shape index (κ2) is 3.93. The van der Waals surface area contributed by atoms with Gasteiger partial charge in [-0.2, -0.15) is 8.42 Å². The van der Waals surface area contributed by atoms with Crippen molar-refractivity contribution in [2.24, 2.45) is 0 Å². The number of hydrogen-bond donors (Lipinski definition) is 2. The second-order valence-corrected chi connectivity index (χ2v) is 4.90. The Bertz CT molecular complexity index is 640. The zero-order valence-electron chi connectivity index (χ0n) is 8.01. The highest BCUT2D eigenvalue weighted by Gasteiger charge is 2.09. The molecule has 0 heterocycles. The quantitative estimate of drug-likeness (QED) is 0.641. The molecule has 16 heavy (non-hydrogen) atoms. The fourth-order valence-electron chi connectivity index (χ4n) is 1.44. The van der Waals surface area contributed by atoms with Crippen LogP contribution >= 0.6 is 11.8 Å². The average Bonchev–Trinajstić information content (AvgIpc) is 2.26. The molecule has 0 aliphatic rings. The molecule has 0 amide bonds. The Hall–Kier alpha value is -1.30. The molecule has 2 N–H and O–H groups in total. The Morgan fingerprint density at radius 1 is 1.06 bits per heavy atom. The number of fused-ring (bicyclic) bond motifs is 1. The van der Waals surface area contributed by atoms with Crippen molar-refractivity contribution in [2.75, 3.05) is 4.84 Å². The van der Waals surface area contributed by atoms with Gasteiger partial charge in [0, 0.05) is 17.5 Å². The van der Waals surface area contributed by atoms with Crippen LogP contribution in [0.2, 0.25) is 0 Å². The molecular formula is C10H8ClNO3S. The van der Waals surface area contributed by atoms with Gasteiger partial charge in [0.15, 0.2) is 0 Å². The van der Waals surface area contributed by atoms with Crippen molar-refractivity contribution >= 4 is 38.4 Å². The largest absolute Gasteiger partial charge is 0.298 e. The van der Waals surface area contributed by atoms with E-state index in [2.05, 4.69) is 4.84 Å². The zero-order valence-corrected chi connectivity index (χ0v) is 9.59. The molecular weight excluding hydrogens is 250 g/mol. The van der Waals surface area contributed by atoms with E-state index in [1.165, 1.54) is 12.1 Å². The summed E-state index contributed by atoms with van der Waals surface area (Å²) < 4.78 is 30.8. The smallest absolute Gasteiger partial charge is 0.294 e. The highest BCUT2D eigenvalue weighted by atomic mass is 35.5. The molecule has 2 aromatic carbocycles. The van der Waals surface area contributed by atoms with Crippen LogP contribution in [0.1, 0.15) is 0 Å². The van der Waals surface area contributed by atoms with Crippen molar-refractivity contribution in [3.63, 3.8) is 0 Å². The topological polar surface area (TPSA) is 66.4 Å². The summed E-state index contributed by atoms with van der Waals surface area (Å²) in [5.41, 5.74) is 0.654. The van der Waals surface area contributed by atoms with E-state index in [1.807, 2.05) is 0 Å². The highest BCUT2D eigenvalue weighted by Crippen LogP contribution is 2.22. The lowest BCUT2D eigenvalue weighted by Crippen LogP contribution is -1.97. The lowest BCUT2D eigenvalue weighted by molar-refractivity contribution is 0.483. The third kappa shape index (κ3) is 2.11. The maximum atomic E-state index is 10.9. The van der Waals surface area contributed by atoms with Crippen LogP contribution in [-0.2, 0) is 10.1 Å². The van der Waals surface area contributed by atoms with Crippen molar-refractivity contribution in [3.05, 3.63) is 36.4 Å². The maximum Gasteiger partial charge on any atom is 0.294 e. The highest BCUT2D eigenvalue weighted by molar-refractivity contribution is 7.85. The average molecular weight is 258 g/mol. The van der Waals surface area contributed by atoms with Gasteiger partial charge in [-0.3, -0.25) is 9.39 Å². The molecule has 2 rings (SSSR count). The Morgan fingerprint density at radius 2 is 1.75 bits per heavy atom. The van der Waals surface area contributed by atoms with Gasteiger partial charge >= 0.3 is 0 Å². The van der Waals surface area contributed by atoms with E-state index in [9.17, 15) is 8.42 Å². The summed E-state index contributed by atoms with van der Waals surface area (Å²) in [4.78, 5) is 2.30. The number of hydrogen-bond acceptors (Lipinski definition) is 3. The molecule has 0 unspecified atom stereocenters. The summed E-state index contributed by atoms with van der Waals surface area (Å²) in [5.74, 6) is 0. The number of nitrogens with one attached hydrogen (secondary N) is 1. The van der Waals surface area contributed by atoms with E-state index in [4.69, 9.17) is 16.3 Å². The minimum atomic E-state index is -4.17. The Balaban J connectivity index is 2.69. The van der Waals surface area contributed by atoms with Crippen LogP contribution in [0.25, 0.3) is 10.8 Å². The summed E-state index contributed by atoms with van der Waals surface area (Å²) in [7, 11) is -4.17. The van der Waals surface area contributed by atoms with Gasteiger partial charge < -0.3 is 0 Å². The molecule has 0 radical (unpaired) electrons. The summed E-state index contributed by atoms with van der Waals surface area (Å²) in [6.45, 7) is 0. The van der Waals surface area contributed by atoms with Gasteiger partial charge in [0.25, 0.3) is 10.1 Å². The van der Waals surface area contributed by atoms with E-state index in [1.54, 1.807) is 24.3 Å². The number of rotatable bonds is 2. The predicted octanol–water partition coefficient (Wildman–Crippen LogP) is 2.65. The summed E-state index contributed by atoms with van der Waals surface area (Å²) in [5, 5.41) is 1.55. The van der Waals surface area contributed by atoms with Crippen LogP contribution in [-0.4, -0.2) is 13.0 Å². The van der Waals surface area contributed by atoms with Crippen molar-refractivity contribution in [1.82, 2.24) is 0 Å². The first-order chi connectivity index (χ1) is 7.50. The van der Waals surface area contributed by atoms with Crippen LogP contribution < -0.4 is 4.84 Å². The molecule has 4 nitrogen and oxygen atoms in total. The van der Waals surface area contributed by atoms with Gasteiger partial charge in [0.2, 0.25) is 0 Å². The normalized spacial score (nSPS) is 11.6. The second-order valence-electron chi connectivity index (χ2n) is 3.29. The van der Waals surface area contributed by atoms with E-state index >= 15 is 0 Å². The van der Waals surface area contributed by atoms with Crippen LogP contribution in [0.4, 0.5) is 5.69 Å². The number of benzene rings is 2. The molecule has 0 saturated heterocycles. The molecule has 0 aromatic heterocycles. The van der Waals surface area contributed by atoms with Crippen LogP contribution in [0, 0.1) is 0 Å². The Morgan fingerprint density at radius 3 is 2.38 bits per heavy atom. The van der Waals surface area contributed by atoms with E-state index in [0.29, 0.717) is 11.1 Å². The Labute approximate surface area is 97.7 Å².